The first-order valence-electron chi connectivity index (χ1n) is 7.55. The predicted octanol–water partition coefficient (Wildman–Crippen LogP) is 2.18. The first-order chi connectivity index (χ1) is 9.03. The number of carbonyl (C=O) groups is 1. The van der Waals surface area contributed by atoms with Crippen LogP contribution in [0.1, 0.15) is 52.4 Å². The first kappa shape index (κ1) is 16.4. The lowest BCUT2D eigenvalue weighted by atomic mass is 9.96. The lowest BCUT2D eigenvalue weighted by Gasteiger charge is -2.30. The van der Waals surface area contributed by atoms with Crippen molar-refractivity contribution in [2.24, 2.45) is 0 Å². The van der Waals surface area contributed by atoms with E-state index in [-0.39, 0.29) is 5.97 Å². The molecule has 0 spiro atoms. The molecule has 0 amide bonds. The van der Waals surface area contributed by atoms with Crippen molar-refractivity contribution in [2.75, 3.05) is 27.2 Å². The van der Waals surface area contributed by atoms with Crippen LogP contribution in [-0.2, 0) is 9.53 Å². The van der Waals surface area contributed by atoms with Gasteiger partial charge in [-0.25, -0.2) is 0 Å². The van der Waals surface area contributed by atoms with E-state index in [9.17, 15) is 4.79 Å². The number of hydrogen-bond donors (Lipinski definition) is 1. The number of carbonyl (C=O) groups excluding carboxylic acids is 1. The number of ether oxygens (including phenoxy) is 1. The van der Waals surface area contributed by atoms with E-state index in [2.05, 4.69) is 17.1 Å². The Morgan fingerprint density at radius 3 is 2.79 bits per heavy atom. The molecule has 2 unspecified atom stereocenters. The molecule has 1 saturated heterocycles. The maximum Gasteiger partial charge on any atom is 0.325 e. The Balaban J connectivity index is 2.41. The summed E-state index contributed by atoms with van der Waals surface area (Å²) in [6.45, 7) is 6.53. The zero-order valence-corrected chi connectivity index (χ0v) is 13.0. The van der Waals surface area contributed by atoms with E-state index in [0.717, 1.165) is 19.4 Å². The second-order valence-electron chi connectivity index (χ2n) is 5.91. The van der Waals surface area contributed by atoms with E-state index in [4.69, 9.17) is 4.74 Å². The average molecular weight is 270 g/mol. The number of rotatable bonds is 6. The number of nitrogens with zero attached hydrogens (tertiary/aromatic N) is 1. The second kappa shape index (κ2) is 7.85. The highest BCUT2D eigenvalue weighted by molar-refractivity contribution is 5.80. The zero-order valence-electron chi connectivity index (χ0n) is 13.0. The molecule has 0 radical (unpaired) electrons. The van der Waals surface area contributed by atoms with Crippen molar-refractivity contribution in [1.29, 1.82) is 0 Å². The van der Waals surface area contributed by atoms with Gasteiger partial charge in [0.2, 0.25) is 0 Å². The van der Waals surface area contributed by atoms with Crippen LogP contribution in [0.3, 0.4) is 0 Å². The summed E-state index contributed by atoms with van der Waals surface area (Å²) in [5.74, 6) is -0.168. The molecule has 1 fully saturated rings. The lowest BCUT2D eigenvalue weighted by Crippen LogP contribution is -2.48. The molecular weight excluding hydrogens is 240 g/mol. The molecule has 1 N–H and O–H groups in total. The van der Waals surface area contributed by atoms with Crippen molar-refractivity contribution in [1.82, 2.24) is 10.2 Å². The molecule has 0 aromatic heterocycles. The molecule has 19 heavy (non-hydrogen) atoms. The lowest BCUT2D eigenvalue weighted by molar-refractivity contribution is -0.148. The van der Waals surface area contributed by atoms with Crippen LogP contribution in [-0.4, -0.2) is 49.7 Å². The van der Waals surface area contributed by atoms with Gasteiger partial charge in [0, 0.05) is 6.04 Å². The number of likely N-dealkylation sites (N-methyl/N-ethyl adjacent to an activating group) is 1. The van der Waals surface area contributed by atoms with E-state index in [0.29, 0.717) is 6.04 Å². The summed E-state index contributed by atoms with van der Waals surface area (Å²) in [5.41, 5.74) is -0.552. The van der Waals surface area contributed by atoms with Gasteiger partial charge in [-0.15, -0.1) is 0 Å². The van der Waals surface area contributed by atoms with E-state index in [1.54, 1.807) is 0 Å². The topological polar surface area (TPSA) is 41.6 Å². The fourth-order valence-corrected chi connectivity index (χ4v) is 2.86. The quantitative estimate of drug-likeness (QED) is 0.751. The van der Waals surface area contributed by atoms with Gasteiger partial charge in [-0.2, -0.15) is 0 Å². The molecular formula is C15H30N2O2. The Hall–Kier alpha value is -0.610. The van der Waals surface area contributed by atoms with Crippen LogP contribution >= 0.6 is 0 Å². The summed E-state index contributed by atoms with van der Waals surface area (Å²) in [4.78, 5) is 14.3. The molecule has 1 rings (SSSR count). The molecule has 1 heterocycles. The highest BCUT2D eigenvalue weighted by atomic mass is 16.5. The number of methoxy groups -OCH3 is 1. The van der Waals surface area contributed by atoms with Gasteiger partial charge < -0.3 is 15.0 Å². The van der Waals surface area contributed by atoms with E-state index >= 15 is 0 Å². The molecule has 0 aromatic rings. The summed E-state index contributed by atoms with van der Waals surface area (Å²) in [6, 6.07) is 0.682. The van der Waals surface area contributed by atoms with E-state index in [1.165, 1.54) is 39.3 Å². The highest BCUT2D eigenvalue weighted by Gasteiger charge is 2.32. The summed E-state index contributed by atoms with van der Waals surface area (Å²) in [6.07, 6.45) is 7.17. The van der Waals surface area contributed by atoms with Gasteiger partial charge in [0.25, 0.3) is 0 Å². The second-order valence-corrected chi connectivity index (χ2v) is 5.91. The van der Waals surface area contributed by atoms with Crippen LogP contribution in [0.4, 0.5) is 0 Å². The maximum absolute atomic E-state index is 11.8. The van der Waals surface area contributed by atoms with Crippen LogP contribution in [0, 0.1) is 0 Å². The molecule has 112 valence electrons. The number of esters is 1. The minimum Gasteiger partial charge on any atom is -0.468 e. The Bertz CT molecular complexity index is 283. The third-order valence-corrected chi connectivity index (χ3v) is 4.50. The fourth-order valence-electron chi connectivity index (χ4n) is 2.86. The van der Waals surface area contributed by atoms with Gasteiger partial charge >= 0.3 is 5.97 Å². The highest BCUT2D eigenvalue weighted by Crippen LogP contribution is 2.19. The minimum absolute atomic E-state index is 0.168. The molecule has 2 atom stereocenters. The summed E-state index contributed by atoms with van der Waals surface area (Å²) < 4.78 is 4.87. The molecule has 0 aromatic carbocycles. The normalized spacial score (nSPS) is 24.5. The smallest absolute Gasteiger partial charge is 0.325 e. The number of hydrogen-bond acceptors (Lipinski definition) is 4. The van der Waals surface area contributed by atoms with Crippen molar-refractivity contribution >= 4 is 5.97 Å². The fraction of sp³-hybridized carbons (Fsp3) is 0.933. The van der Waals surface area contributed by atoms with Crippen LogP contribution in [0.25, 0.3) is 0 Å². The van der Waals surface area contributed by atoms with Crippen LogP contribution in [0.15, 0.2) is 0 Å². The molecule has 4 nitrogen and oxygen atoms in total. The number of nitrogens with one attached hydrogen (secondary N) is 1. The number of likely N-dealkylation sites (tertiary alicyclic amines) is 1. The summed E-state index contributed by atoms with van der Waals surface area (Å²) >= 11 is 0. The SMILES string of the molecule is CNC(C)(CCCN1CCCCCC1C)C(=O)OC. The minimum atomic E-state index is -0.552. The van der Waals surface area contributed by atoms with E-state index in [1.807, 2.05) is 14.0 Å². The molecule has 0 aliphatic carbocycles. The first-order valence-corrected chi connectivity index (χ1v) is 7.55. The van der Waals surface area contributed by atoms with Gasteiger partial charge in [0.15, 0.2) is 0 Å². The van der Waals surface area contributed by atoms with Gasteiger partial charge in [-0.3, -0.25) is 4.79 Å². The Labute approximate surface area is 117 Å². The van der Waals surface area contributed by atoms with Gasteiger partial charge in [-0.1, -0.05) is 12.8 Å². The summed E-state index contributed by atoms with van der Waals surface area (Å²) in [7, 11) is 3.28. The predicted molar refractivity (Wildman–Crippen MR) is 78.2 cm³/mol. The molecule has 0 bridgehead atoms. The van der Waals surface area contributed by atoms with Crippen molar-refractivity contribution in [3.63, 3.8) is 0 Å². The third-order valence-electron chi connectivity index (χ3n) is 4.50. The van der Waals surface area contributed by atoms with Crippen molar-refractivity contribution in [3.05, 3.63) is 0 Å². The van der Waals surface area contributed by atoms with E-state index < -0.39 is 5.54 Å². The zero-order chi connectivity index (χ0) is 14.3. The Kier molecular flexibility index (Phi) is 6.80. The summed E-state index contributed by atoms with van der Waals surface area (Å²) in [5, 5.41) is 3.10. The maximum atomic E-state index is 11.8. The van der Waals surface area contributed by atoms with Crippen molar-refractivity contribution in [3.8, 4) is 0 Å². The monoisotopic (exact) mass is 270 g/mol. The Morgan fingerprint density at radius 2 is 2.16 bits per heavy atom. The molecule has 4 heteroatoms. The van der Waals surface area contributed by atoms with Gasteiger partial charge in [-0.05, 0) is 59.7 Å². The standard InChI is InChI=1S/C15H30N2O2/c1-13-9-6-5-7-11-17(13)12-8-10-15(2,16-3)14(18)19-4/h13,16H,5-12H2,1-4H3. The largest absolute Gasteiger partial charge is 0.468 e. The van der Waals surface area contributed by atoms with Gasteiger partial charge in [0.1, 0.15) is 5.54 Å². The Morgan fingerprint density at radius 1 is 1.42 bits per heavy atom. The van der Waals surface area contributed by atoms with Crippen LogP contribution < -0.4 is 5.32 Å². The third kappa shape index (κ3) is 4.77. The van der Waals surface area contributed by atoms with Crippen LogP contribution in [0.5, 0.6) is 0 Å². The molecule has 1 aliphatic heterocycles. The molecule has 1 aliphatic rings. The van der Waals surface area contributed by atoms with Crippen molar-refractivity contribution in [2.45, 2.75) is 64.0 Å². The molecule has 0 saturated carbocycles. The average Bonchev–Trinajstić information content (AvgIpc) is 2.62. The van der Waals surface area contributed by atoms with Crippen LogP contribution in [0.2, 0.25) is 0 Å². The van der Waals surface area contributed by atoms with Gasteiger partial charge in [0.05, 0.1) is 7.11 Å². The van der Waals surface area contributed by atoms with Crippen molar-refractivity contribution < 1.29 is 9.53 Å².